The number of aromatic nitrogens is 3. The van der Waals surface area contributed by atoms with E-state index in [0.29, 0.717) is 13.2 Å². The normalized spacial score (nSPS) is 12.1. The lowest BCUT2D eigenvalue weighted by molar-refractivity contribution is 0.0643. The average molecular weight is 226 g/mol. The number of ether oxygens (including phenoxy) is 1. The second kappa shape index (κ2) is 5.41. The van der Waals surface area contributed by atoms with E-state index in [0.717, 1.165) is 24.5 Å². The first-order chi connectivity index (χ1) is 7.52. The summed E-state index contributed by atoms with van der Waals surface area (Å²) < 4.78 is 7.54. The summed E-state index contributed by atoms with van der Waals surface area (Å²) in [6, 6.07) is 0. The minimum atomic E-state index is -0.215. The van der Waals surface area contributed by atoms with Crippen molar-refractivity contribution in [2.75, 3.05) is 6.61 Å². The molecular weight excluding hydrogens is 204 g/mol. The molecule has 0 atom stereocenters. The van der Waals surface area contributed by atoms with Crippen LogP contribution >= 0.6 is 0 Å². The molecule has 2 N–H and O–H groups in total. The number of rotatable bonds is 6. The second-order valence-corrected chi connectivity index (χ2v) is 4.28. The summed E-state index contributed by atoms with van der Waals surface area (Å²) in [7, 11) is 1.93. The van der Waals surface area contributed by atoms with Crippen LogP contribution in [0.1, 0.15) is 38.3 Å². The summed E-state index contributed by atoms with van der Waals surface area (Å²) in [6.07, 6.45) is 1.84. The SMILES string of the molecule is CCC(N)(CC)COCc1nnc(C)n1C. The van der Waals surface area contributed by atoms with Crippen molar-refractivity contribution in [3.63, 3.8) is 0 Å². The monoisotopic (exact) mass is 226 g/mol. The number of hydrogen-bond donors (Lipinski definition) is 1. The summed E-state index contributed by atoms with van der Waals surface area (Å²) in [6.45, 7) is 7.11. The van der Waals surface area contributed by atoms with Gasteiger partial charge in [-0.05, 0) is 19.8 Å². The molecule has 92 valence electrons. The van der Waals surface area contributed by atoms with Crippen molar-refractivity contribution in [2.45, 2.75) is 45.8 Å². The molecule has 5 nitrogen and oxygen atoms in total. The lowest BCUT2D eigenvalue weighted by Gasteiger charge is -2.26. The number of hydrogen-bond acceptors (Lipinski definition) is 4. The lowest BCUT2D eigenvalue weighted by atomic mass is 9.96. The smallest absolute Gasteiger partial charge is 0.158 e. The summed E-state index contributed by atoms with van der Waals surface area (Å²) >= 11 is 0. The maximum atomic E-state index is 6.14. The van der Waals surface area contributed by atoms with Gasteiger partial charge in [0.05, 0.1) is 6.61 Å². The fraction of sp³-hybridized carbons (Fsp3) is 0.818. The van der Waals surface area contributed by atoms with Crippen LogP contribution in [0, 0.1) is 6.92 Å². The predicted molar refractivity (Wildman–Crippen MR) is 62.9 cm³/mol. The van der Waals surface area contributed by atoms with Crippen LogP contribution in [0.4, 0.5) is 0 Å². The Morgan fingerprint density at radius 1 is 1.31 bits per heavy atom. The van der Waals surface area contributed by atoms with Crippen LogP contribution in [0.15, 0.2) is 0 Å². The molecule has 5 heteroatoms. The van der Waals surface area contributed by atoms with Gasteiger partial charge in [-0.15, -0.1) is 10.2 Å². The van der Waals surface area contributed by atoms with Crippen LogP contribution in [0.25, 0.3) is 0 Å². The average Bonchev–Trinajstić information content (AvgIpc) is 2.60. The van der Waals surface area contributed by atoms with E-state index >= 15 is 0 Å². The molecule has 0 aromatic carbocycles. The van der Waals surface area contributed by atoms with E-state index in [1.165, 1.54) is 0 Å². The van der Waals surface area contributed by atoms with Gasteiger partial charge in [0.2, 0.25) is 0 Å². The van der Waals surface area contributed by atoms with Gasteiger partial charge in [-0.25, -0.2) is 0 Å². The fourth-order valence-corrected chi connectivity index (χ4v) is 1.38. The number of nitrogens with two attached hydrogens (primary N) is 1. The largest absolute Gasteiger partial charge is 0.372 e. The molecule has 0 aliphatic heterocycles. The topological polar surface area (TPSA) is 66.0 Å². The molecule has 0 unspecified atom stereocenters. The van der Waals surface area contributed by atoms with E-state index in [1.807, 2.05) is 18.5 Å². The van der Waals surface area contributed by atoms with Crippen molar-refractivity contribution in [1.29, 1.82) is 0 Å². The van der Waals surface area contributed by atoms with Gasteiger partial charge in [-0.1, -0.05) is 13.8 Å². The van der Waals surface area contributed by atoms with Crippen LogP contribution in [0.5, 0.6) is 0 Å². The Morgan fingerprint density at radius 2 is 1.94 bits per heavy atom. The molecule has 0 aliphatic carbocycles. The highest BCUT2D eigenvalue weighted by Gasteiger charge is 2.20. The van der Waals surface area contributed by atoms with Crippen LogP contribution in [0.2, 0.25) is 0 Å². The third-order valence-corrected chi connectivity index (χ3v) is 3.21. The van der Waals surface area contributed by atoms with E-state index in [-0.39, 0.29) is 5.54 Å². The maximum Gasteiger partial charge on any atom is 0.158 e. The zero-order chi connectivity index (χ0) is 12.2. The zero-order valence-corrected chi connectivity index (χ0v) is 10.7. The number of nitrogens with zero attached hydrogens (tertiary/aromatic N) is 3. The van der Waals surface area contributed by atoms with E-state index < -0.39 is 0 Å². The van der Waals surface area contributed by atoms with Crippen LogP contribution in [-0.2, 0) is 18.4 Å². The van der Waals surface area contributed by atoms with Gasteiger partial charge in [0, 0.05) is 12.6 Å². The summed E-state index contributed by atoms with van der Waals surface area (Å²) in [4.78, 5) is 0. The maximum absolute atomic E-state index is 6.14. The molecule has 1 aromatic heterocycles. The van der Waals surface area contributed by atoms with Crippen molar-refractivity contribution < 1.29 is 4.74 Å². The minimum Gasteiger partial charge on any atom is -0.372 e. The molecular formula is C11H22N4O. The Labute approximate surface area is 97.0 Å². The first-order valence-corrected chi connectivity index (χ1v) is 5.74. The van der Waals surface area contributed by atoms with Gasteiger partial charge < -0.3 is 15.0 Å². The van der Waals surface area contributed by atoms with Gasteiger partial charge in [-0.3, -0.25) is 0 Å². The Hall–Kier alpha value is -0.940. The van der Waals surface area contributed by atoms with Crippen molar-refractivity contribution in [1.82, 2.24) is 14.8 Å². The van der Waals surface area contributed by atoms with Crippen molar-refractivity contribution >= 4 is 0 Å². The van der Waals surface area contributed by atoms with E-state index in [4.69, 9.17) is 10.5 Å². The zero-order valence-electron chi connectivity index (χ0n) is 10.7. The molecule has 0 saturated heterocycles. The Kier molecular flexibility index (Phi) is 4.44. The molecule has 0 saturated carbocycles. The summed E-state index contributed by atoms with van der Waals surface area (Å²) in [5.74, 6) is 1.73. The molecule has 0 fully saturated rings. The quantitative estimate of drug-likeness (QED) is 0.790. The van der Waals surface area contributed by atoms with Gasteiger partial charge in [0.15, 0.2) is 5.82 Å². The lowest BCUT2D eigenvalue weighted by Crippen LogP contribution is -2.43. The fourth-order valence-electron chi connectivity index (χ4n) is 1.38. The van der Waals surface area contributed by atoms with Crippen molar-refractivity contribution in [3.8, 4) is 0 Å². The molecule has 0 radical (unpaired) electrons. The van der Waals surface area contributed by atoms with Gasteiger partial charge >= 0.3 is 0 Å². The molecule has 0 amide bonds. The van der Waals surface area contributed by atoms with E-state index in [9.17, 15) is 0 Å². The molecule has 1 aromatic rings. The number of aryl methyl sites for hydroxylation is 1. The third kappa shape index (κ3) is 3.02. The van der Waals surface area contributed by atoms with Gasteiger partial charge in [0.25, 0.3) is 0 Å². The Morgan fingerprint density at radius 3 is 2.38 bits per heavy atom. The molecule has 1 heterocycles. The van der Waals surface area contributed by atoms with Crippen LogP contribution < -0.4 is 5.73 Å². The minimum absolute atomic E-state index is 0.215. The predicted octanol–water partition coefficient (Wildman–Crippen LogP) is 1.16. The molecule has 0 bridgehead atoms. The second-order valence-electron chi connectivity index (χ2n) is 4.28. The Bertz CT molecular complexity index is 331. The first-order valence-electron chi connectivity index (χ1n) is 5.74. The van der Waals surface area contributed by atoms with E-state index in [2.05, 4.69) is 24.0 Å². The summed E-state index contributed by atoms with van der Waals surface area (Å²) in [5, 5.41) is 8.01. The summed E-state index contributed by atoms with van der Waals surface area (Å²) in [5.41, 5.74) is 5.92. The highest BCUT2D eigenvalue weighted by atomic mass is 16.5. The standard InChI is InChI=1S/C11H22N4O/c1-5-11(12,6-2)8-16-7-10-14-13-9(3)15(10)4/h5-8,12H2,1-4H3. The molecule has 16 heavy (non-hydrogen) atoms. The van der Waals surface area contributed by atoms with Crippen molar-refractivity contribution in [3.05, 3.63) is 11.6 Å². The highest BCUT2D eigenvalue weighted by Crippen LogP contribution is 2.12. The third-order valence-electron chi connectivity index (χ3n) is 3.21. The van der Waals surface area contributed by atoms with Gasteiger partial charge in [0.1, 0.15) is 12.4 Å². The van der Waals surface area contributed by atoms with Crippen LogP contribution in [-0.4, -0.2) is 26.9 Å². The highest BCUT2D eigenvalue weighted by molar-refractivity contribution is 4.91. The van der Waals surface area contributed by atoms with E-state index in [1.54, 1.807) is 0 Å². The molecule has 0 spiro atoms. The van der Waals surface area contributed by atoms with Gasteiger partial charge in [-0.2, -0.15) is 0 Å². The molecule has 0 aliphatic rings. The first kappa shape index (κ1) is 13.1. The van der Waals surface area contributed by atoms with Crippen LogP contribution in [0.3, 0.4) is 0 Å². The van der Waals surface area contributed by atoms with Crippen molar-refractivity contribution in [2.24, 2.45) is 12.8 Å². The molecule has 1 rings (SSSR count). The Balaban J connectivity index is 2.44.